The van der Waals surface area contributed by atoms with Gasteiger partial charge in [-0.3, -0.25) is 0 Å². The van der Waals surface area contributed by atoms with Gasteiger partial charge in [0.2, 0.25) is 0 Å². The summed E-state index contributed by atoms with van der Waals surface area (Å²) in [7, 11) is 5.79. The number of thiocarbonyl (C=S) groups is 1. The third-order valence-corrected chi connectivity index (χ3v) is 4.11. The average Bonchev–Trinajstić information content (AvgIpc) is 2.96. The Kier molecular flexibility index (Phi) is 6.20. The molecular formula is C15H17BN2OS2. The van der Waals surface area contributed by atoms with Crippen LogP contribution in [0.3, 0.4) is 0 Å². The number of furan rings is 1. The molecule has 2 N–H and O–H groups in total. The number of hydrogen-bond donors (Lipinski definition) is 2. The van der Waals surface area contributed by atoms with Crippen molar-refractivity contribution in [3.05, 3.63) is 47.9 Å². The van der Waals surface area contributed by atoms with E-state index in [2.05, 4.69) is 10.6 Å². The van der Waals surface area contributed by atoms with E-state index in [0.29, 0.717) is 5.11 Å². The van der Waals surface area contributed by atoms with Crippen molar-refractivity contribution in [1.29, 1.82) is 0 Å². The van der Waals surface area contributed by atoms with E-state index in [1.54, 1.807) is 18.0 Å². The van der Waals surface area contributed by atoms with Gasteiger partial charge in [0, 0.05) is 18.0 Å². The van der Waals surface area contributed by atoms with Crippen LogP contribution in [0.25, 0.3) is 0 Å². The van der Waals surface area contributed by atoms with Crippen molar-refractivity contribution in [2.75, 3.05) is 17.6 Å². The number of thioether (sulfide) groups is 1. The number of hydrogen-bond acceptors (Lipinski definition) is 3. The minimum atomic E-state index is 0.623. The molecule has 0 atom stereocenters. The maximum absolute atomic E-state index is 5.79. The largest absolute Gasteiger partial charge is 0.468 e. The quantitative estimate of drug-likeness (QED) is 0.487. The van der Waals surface area contributed by atoms with Crippen LogP contribution in [0.2, 0.25) is 0 Å². The summed E-state index contributed by atoms with van der Waals surface area (Å²) in [5.41, 5.74) is 2.77. The topological polar surface area (TPSA) is 37.2 Å². The highest BCUT2D eigenvalue weighted by atomic mass is 32.2. The molecule has 2 radical (unpaired) electrons. The second kappa shape index (κ2) is 8.15. The monoisotopic (exact) mass is 316 g/mol. The maximum Gasteiger partial charge on any atom is 0.170 e. The first kappa shape index (κ1) is 16.0. The zero-order chi connectivity index (χ0) is 15.1. The molecule has 0 saturated carbocycles. The SMILES string of the molecule is [B]c1ccc(NC(=S)NCCSCc2ccco2)cc1C. The molecular weight excluding hydrogens is 299 g/mol. The van der Waals surface area contributed by atoms with Crippen LogP contribution in [0.4, 0.5) is 5.69 Å². The fourth-order valence-electron chi connectivity index (χ4n) is 1.73. The van der Waals surface area contributed by atoms with Crippen LogP contribution in [-0.2, 0) is 5.75 Å². The minimum Gasteiger partial charge on any atom is -0.468 e. The summed E-state index contributed by atoms with van der Waals surface area (Å²) in [6, 6.07) is 9.66. The van der Waals surface area contributed by atoms with Gasteiger partial charge in [-0.15, -0.1) is 0 Å². The van der Waals surface area contributed by atoms with Crippen LogP contribution in [0.5, 0.6) is 0 Å². The van der Waals surface area contributed by atoms with Crippen LogP contribution in [0.1, 0.15) is 11.3 Å². The smallest absolute Gasteiger partial charge is 0.170 e. The van der Waals surface area contributed by atoms with Crippen molar-refractivity contribution in [3.8, 4) is 0 Å². The van der Waals surface area contributed by atoms with Crippen LogP contribution in [0.15, 0.2) is 41.0 Å². The van der Waals surface area contributed by atoms with E-state index in [-0.39, 0.29) is 0 Å². The zero-order valence-corrected chi connectivity index (χ0v) is 13.5. The Hall–Kier alpha value is -1.40. The van der Waals surface area contributed by atoms with Gasteiger partial charge < -0.3 is 15.1 Å². The molecule has 0 spiro atoms. The van der Waals surface area contributed by atoms with E-state index in [0.717, 1.165) is 40.5 Å². The standard InChI is InChI=1S/C15H17BN2OS2/c1-11-9-12(4-5-14(11)16)18-15(20)17-6-8-21-10-13-3-2-7-19-13/h2-5,7,9H,6,8,10H2,1H3,(H2,17,18,20). The number of anilines is 1. The van der Waals surface area contributed by atoms with Crippen molar-refractivity contribution < 1.29 is 4.42 Å². The van der Waals surface area contributed by atoms with E-state index in [4.69, 9.17) is 24.5 Å². The fraction of sp³-hybridized carbons (Fsp3) is 0.267. The van der Waals surface area contributed by atoms with E-state index >= 15 is 0 Å². The fourth-order valence-corrected chi connectivity index (χ4v) is 2.71. The molecule has 2 rings (SSSR count). The molecule has 0 saturated heterocycles. The van der Waals surface area contributed by atoms with Gasteiger partial charge in [0.15, 0.2) is 5.11 Å². The summed E-state index contributed by atoms with van der Waals surface area (Å²) in [4.78, 5) is 0. The molecule has 0 aliphatic heterocycles. The highest BCUT2D eigenvalue weighted by Gasteiger charge is 2.00. The van der Waals surface area contributed by atoms with Gasteiger partial charge in [-0.2, -0.15) is 11.8 Å². The van der Waals surface area contributed by atoms with Crippen LogP contribution < -0.4 is 16.1 Å². The lowest BCUT2D eigenvalue weighted by Gasteiger charge is -2.11. The Labute approximate surface area is 136 Å². The molecule has 1 heterocycles. The highest BCUT2D eigenvalue weighted by Crippen LogP contribution is 2.11. The van der Waals surface area contributed by atoms with Gasteiger partial charge in [0.05, 0.1) is 12.0 Å². The molecule has 21 heavy (non-hydrogen) atoms. The van der Waals surface area contributed by atoms with Crippen molar-refractivity contribution in [2.45, 2.75) is 12.7 Å². The van der Waals surface area contributed by atoms with E-state index < -0.39 is 0 Å². The molecule has 2 aromatic rings. The predicted molar refractivity (Wildman–Crippen MR) is 95.7 cm³/mol. The first-order valence-electron chi connectivity index (χ1n) is 6.66. The van der Waals surface area contributed by atoms with Gasteiger partial charge in [0.25, 0.3) is 0 Å². The predicted octanol–water partition coefficient (Wildman–Crippen LogP) is 2.60. The van der Waals surface area contributed by atoms with Gasteiger partial charge in [-0.25, -0.2) is 0 Å². The number of rotatable bonds is 6. The second-order valence-corrected chi connectivity index (χ2v) is 6.10. The Morgan fingerprint density at radius 3 is 2.95 bits per heavy atom. The lowest BCUT2D eigenvalue weighted by molar-refractivity contribution is 0.530. The molecule has 0 aliphatic carbocycles. The Morgan fingerprint density at radius 2 is 2.24 bits per heavy atom. The van der Waals surface area contributed by atoms with E-state index in [1.807, 2.05) is 37.3 Å². The summed E-state index contributed by atoms with van der Waals surface area (Å²) in [6.45, 7) is 2.79. The summed E-state index contributed by atoms with van der Waals surface area (Å²) in [5.74, 6) is 2.84. The van der Waals surface area contributed by atoms with Crippen LogP contribution >= 0.6 is 24.0 Å². The van der Waals surface area contributed by atoms with Gasteiger partial charge in [-0.1, -0.05) is 17.1 Å². The molecule has 1 aromatic carbocycles. The van der Waals surface area contributed by atoms with E-state index in [9.17, 15) is 0 Å². The van der Waals surface area contributed by atoms with Crippen LogP contribution in [-0.4, -0.2) is 25.3 Å². The minimum absolute atomic E-state index is 0.623. The highest BCUT2D eigenvalue weighted by molar-refractivity contribution is 7.98. The molecule has 0 bridgehead atoms. The van der Waals surface area contributed by atoms with Crippen LogP contribution in [0, 0.1) is 6.92 Å². The van der Waals surface area contributed by atoms with E-state index in [1.165, 1.54) is 0 Å². The summed E-state index contributed by atoms with van der Waals surface area (Å²) in [6.07, 6.45) is 1.70. The van der Waals surface area contributed by atoms with Crippen molar-refractivity contribution >= 4 is 48.1 Å². The maximum atomic E-state index is 5.79. The van der Waals surface area contributed by atoms with Gasteiger partial charge in [-0.05, 0) is 43.4 Å². The van der Waals surface area contributed by atoms with Crippen molar-refractivity contribution in [2.24, 2.45) is 0 Å². The number of aryl methyl sites for hydroxylation is 1. The van der Waals surface area contributed by atoms with Gasteiger partial charge in [0.1, 0.15) is 13.6 Å². The molecule has 3 nitrogen and oxygen atoms in total. The molecule has 0 fully saturated rings. The summed E-state index contributed by atoms with van der Waals surface area (Å²) in [5, 5.41) is 6.96. The third-order valence-electron chi connectivity index (χ3n) is 2.88. The number of benzene rings is 1. The number of nitrogens with one attached hydrogen (secondary N) is 2. The molecule has 108 valence electrons. The Balaban J connectivity index is 1.64. The lowest BCUT2D eigenvalue weighted by atomic mass is 9.91. The van der Waals surface area contributed by atoms with Crippen molar-refractivity contribution in [3.63, 3.8) is 0 Å². The third kappa shape index (κ3) is 5.48. The molecule has 0 amide bonds. The first-order chi connectivity index (χ1) is 10.1. The molecule has 6 heteroatoms. The average molecular weight is 316 g/mol. The summed E-state index contributed by atoms with van der Waals surface area (Å²) >= 11 is 7.06. The zero-order valence-electron chi connectivity index (χ0n) is 11.9. The molecule has 0 unspecified atom stereocenters. The molecule has 0 aliphatic rings. The van der Waals surface area contributed by atoms with Crippen molar-refractivity contribution in [1.82, 2.24) is 5.32 Å². The van der Waals surface area contributed by atoms with Gasteiger partial charge >= 0.3 is 0 Å². The Morgan fingerprint density at radius 1 is 1.38 bits per heavy atom. The Bertz CT molecular complexity index is 587. The summed E-state index contributed by atoms with van der Waals surface area (Å²) < 4.78 is 5.27. The molecule has 1 aromatic heterocycles. The second-order valence-electron chi connectivity index (χ2n) is 4.58. The lowest BCUT2D eigenvalue weighted by Crippen LogP contribution is -2.30. The first-order valence-corrected chi connectivity index (χ1v) is 8.22. The normalized spacial score (nSPS) is 10.3.